The first-order valence-electron chi connectivity index (χ1n) is 20.1. The number of esters is 2. The van der Waals surface area contributed by atoms with Crippen molar-refractivity contribution in [2.75, 3.05) is 59.2 Å². The number of hydrogen-bond donors (Lipinski definition) is 2. The van der Waals surface area contributed by atoms with Gasteiger partial charge in [-0.25, -0.2) is 38.8 Å². The third-order valence-corrected chi connectivity index (χ3v) is 9.11. The maximum absolute atomic E-state index is 13.1. The van der Waals surface area contributed by atoms with Crippen molar-refractivity contribution < 1.29 is 57.2 Å². The zero-order valence-corrected chi connectivity index (χ0v) is 33.4. The van der Waals surface area contributed by atoms with E-state index in [1.54, 1.807) is 22.0 Å². The summed E-state index contributed by atoms with van der Waals surface area (Å²) >= 11 is 0. The fraction of sp³-hybridized carbons (Fsp3) is 0.744. The van der Waals surface area contributed by atoms with E-state index in [1.807, 2.05) is 6.92 Å². The predicted molar refractivity (Wildman–Crippen MR) is 207 cm³/mol. The molecule has 18 heteroatoms. The number of unbranched alkanes of at least 4 members (excludes halogenated alkanes) is 10. The molecule has 2 aliphatic rings. The molecule has 320 valence electrons. The monoisotopic (exact) mass is 806 g/mol. The van der Waals surface area contributed by atoms with Crippen molar-refractivity contribution in [2.24, 2.45) is 9.98 Å². The minimum absolute atomic E-state index is 0.0772. The highest BCUT2D eigenvalue weighted by molar-refractivity contribution is 5.81. The van der Waals surface area contributed by atoms with Crippen molar-refractivity contribution in [2.45, 2.75) is 128 Å². The second kappa shape index (κ2) is 30.7. The first kappa shape index (κ1) is 48.7. The van der Waals surface area contributed by atoms with Gasteiger partial charge in [0.1, 0.15) is 26.4 Å². The SMILES string of the molecule is C=CC(=O)OCCOC(=O)N(CCCCCCCN=C=O)C1OC1NCCCCCCC(C)N(C(=O)OCCOC(=O)C=C)C1OC1NCCCCCCN=C=O. The van der Waals surface area contributed by atoms with Crippen molar-refractivity contribution in [1.82, 2.24) is 20.4 Å². The van der Waals surface area contributed by atoms with Gasteiger partial charge in [-0.1, -0.05) is 64.5 Å². The Balaban J connectivity index is 1.74. The van der Waals surface area contributed by atoms with E-state index in [0.29, 0.717) is 32.7 Å². The number of nitrogens with one attached hydrogen (secondary N) is 2. The highest BCUT2D eigenvalue weighted by Crippen LogP contribution is 2.29. The number of amides is 2. The fourth-order valence-corrected chi connectivity index (χ4v) is 5.94. The molecule has 5 unspecified atom stereocenters. The second-order valence-corrected chi connectivity index (χ2v) is 13.6. The van der Waals surface area contributed by atoms with Crippen LogP contribution in [-0.4, -0.2) is 136 Å². The van der Waals surface area contributed by atoms with Gasteiger partial charge in [0.2, 0.25) is 12.2 Å². The highest BCUT2D eigenvalue weighted by atomic mass is 16.7. The normalized spacial score (nSPS) is 18.1. The lowest BCUT2D eigenvalue weighted by Crippen LogP contribution is -2.44. The van der Waals surface area contributed by atoms with Gasteiger partial charge in [0.15, 0.2) is 24.9 Å². The van der Waals surface area contributed by atoms with Gasteiger partial charge < -0.3 is 28.4 Å². The topological polar surface area (TPSA) is 220 Å². The largest absolute Gasteiger partial charge is 0.459 e. The Kier molecular flexibility index (Phi) is 26.2. The molecule has 57 heavy (non-hydrogen) atoms. The zero-order valence-electron chi connectivity index (χ0n) is 33.4. The number of aliphatic imine (C=N–C) groups is 2. The molecule has 5 atom stereocenters. The van der Waals surface area contributed by atoms with Crippen LogP contribution in [0.15, 0.2) is 35.3 Å². The van der Waals surface area contributed by atoms with E-state index in [1.165, 1.54) is 0 Å². The molecule has 0 radical (unpaired) electrons. The van der Waals surface area contributed by atoms with Gasteiger partial charge in [0.05, 0.1) is 13.1 Å². The summed E-state index contributed by atoms with van der Waals surface area (Å²) in [7, 11) is 0. The summed E-state index contributed by atoms with van der Waals surface area (Å²) in [6.07, 6.45) is 14.9. The van der Waals surface area contributed by atoms with E-state index in [0.717, 1.165) is 102 Å². The van der Waals surface area contributed by atoms with Crippen molar-refractivity contribution in [3.8, 4) is 0 Å². The molecule has 0 aliphatic carbocycles. The van der Waals surface area contributed by atoms with Gasteiger partial charge in [0.25, 0.3) is 0 Å². The molecule has 0 aromatic rings. The molecule has 2 amide bonds. The molecular formula is C39H62N6O12. The van der Waals surface area contributed by atoms with Crippen LogP contribution in [0.1, 0.15) is 96.8 Å². The summed E-state index contributed by atoms with van der Waals surface area (Å²) in [5.41, 5.74) is 0. The van der Waals surface area contributed by atoms with Crippen LogP contribution in [0.5, 0.6) is 0 Å². The van der Waals surface area contributed by atoms with Gasteiger partial charge in [-0.3, -0.25) is 20.4 Å². The molecule has 2 rings (SSSR count). The number of epoxide rings is 2. The number of hydrogen-bond acceptors (Lipinski definition) is 16. The summed E-state index contributed by atoms with van der Waals surface area (Å²) in [6.45, 7) is 11.1. The van der Waals surface area contributed by atoms with Crippen molar-refractivity contribution >= 4 is 36.3 Å². The van der Waals surface area contributed by atoms with Crippen molar-refractivity contribution in [1.29, 1.82) is 0 Å². The number of isocyanates is 2. The molecule has 0 aromatic heterocycles. The van der Waals surface area contributed by atoms with Gasteiger partial charge in [-0.15, -0.1) is 0 Å². The van der Waals surface area contributed by atoms with E-state index in [-0.39, 0.29) is 44.9 Å². The fourth-order valence-electron chi connectivity index (χ4n) is 5.94. The van der Waals surface area contributed by atoms with E-state index < -0.39 is 36.6 Å². The summed E-state index contributed by atoms with van der Waals surface area (Å²) in [5.74, 6) is -1.19. The minimum atomic E-state index is -0.594. The first-order chi connectivity index (χ1) is 27.8. The Hall–Kier alpha value is -4.44. The van der Waals surface area contributed by atoms with E-state index in [9.17, 15) is 28.8 Å². The summed E-state index contributed by atoms with van der Waals surface area (Å²) in [6, 6.07) is -0.168. The van der Waals surface area contributed by atoms with Crippen molar-refractivity contribution in [3.05, 3.63) is 25.3 Å². The van der Waals surface area contributed by atoms with Gasteiger partial charge in [-0.2, -0.15) is 0 Å². The van der Waals surface area contributed by atoms with Crippen molar-refractivity contribution in [3.63, 3.8) is 0 Å². The summed E-state index contributed by atoms with van der Waals surface area (Å²) < 4.78 is 32.2. The molecule has 0 saturated carbocycles. The number of rotatable bonds is 35. The maximum Gasteiger partial charge on any atom is 0.412 e. The second-order valence-electron chi connectivity index (χ2n) is 13.6. The Morgan fingerprint density at radius 2 is 1.11 bits per heavy atom. The molecule has 2 heterocycles. The van der Waals surface area contributed by atoms with Crippen LogP contribution in [0, 0.1) is 0 Å². The van der Waals surface area contributed by atoms with E-state index in [2.05, 4.69) is 33.8 Å². The first-order valence-corrected chi connectivity index (χ1v) is 20.1. The lowest BCUT2D eigenvalue weighted by molar-refractivity contribution is -0.139. The minimum Gasteiger partial charge on any atom is -0.459 e. The number of carbonyl (C=O) groups excluding carboxylic acids is 6. The molecule has 18 nitrogen and oxygen atoms in total. The Bertz CT molecular complexity index is 1320. The van der Waals surface area contributed by atoms with E-state index in [4.69, 9.17) is 28.4 Å². The smallest absolute Gasteiger partial charge is 0.412 e. The molecular weight excluding hydrogens is 744 g/mol. The molecule has 0 bridgehead atoms. The lowest BCUT2D eigenvalue weighted by atomic mass is 10.1. The van der Waals surface area contributed by atoms with Gasteiger partial charge in [0, 0.05) is 24.7 Å². The lowest BCUT2D eigenvalue weighted by Gasteiger charge is -2.27. The third kappa shape index (κ3) is 22.2. The quantitative estimate of drug-likeness (QED) is 0.0173. The predicted octanol–water partition coefficient (Wildman–Crippen LogP) is 4.39. The third-order valence-electron chi connectivity index (χ3n) is 9.11. The maximum atomic E-state index is 13.1. The average Bonchev–Trinajstić information content (AvgIpc) is 4.15. The molecule has 2 N–H and O–H groups in total. The number of nitrogens with zero attached hydrogens (tertiary/aromatic N) is 4. The Labute approximate surface area is 335 Å². The van der Waals surface area contributed by atoms with Crippen LogP contribution >= 0.6 is 0 Å². The summed E-state index contributed by atoms with van der Waals surface area (Å²) in [4.78, 5) is 79.3. The van der Waals surface area contributed by atoms with Crippen LogP contribution in [-0.2, 0) is 47.6 Å². The Morgan fingerprint density at radius 1 is 0.649 bits per heavy atom. The molecule has 0 aromatic carbocycles. The van der Waals surface area contributed by atoms with Crippen LogP contribution < -0.4 is 10.6 Å². The van der Waals surface area contributed by atoms with Crippen LogP contribution in [0.4, 0.5) is 9.59 Å². The molecule has 2 fully saturated rings. The standard InChI is InChI=1S/C39H62N6O12/c1-4-32(48)52-25-27-54-38(50)44(24-18-12-6-8-14-20-40-29-46)36-34(56-36)42-22-16-9-7-13-19-31(3)45(39(51)55-28-26-53-33(49)5-2)37-35(57-37)43-23-17-11-10-15-21-41-30-47/h4-5,31,34-37,42-43H,1-2,6-28H2,3H3. The summed E-state index contributed by atoms with van der Waals surface area (Å²) in [5, 5.41) is 6.69. The molecule has 2 aliphatic heterocycles. The molecule has 2 saturated heterocycles. The van der Waals surface area contributed by atoms with Crippen LogP contribution in [0.25, 0.3) is 0 Å². The van der Waals surface area contributed by atoms with Crippen LogP contribution in [0.3, 0.4) is 0 Å². The zero-order chi connectivity index (χ0) is 41.5. The van der Waals surface area contributed by atoms with Gasteiger partial charge >= 0.3 is 24.1 Å². The number of ether oxygens (including phenoxy) is 6. The molecule has 0 spiro atoms. The van der Waals surface area contributed by atoms with Gasteiger partial charge in [-0.05, 0) is 58.5 Å². The Morgan fingerprint density at radius 3 is 1.67 bits per heavy atom. The van der Waals surface area contributed by atoms with E-state index >= 15 is 0 Å². The van der Waals surface area contributed by atoms with Crippen LogP contribution in [0.2, 0.25) is 0 Å². The highest BCUT2D eigenvalue weighted by Gasteiger charge is 2.48. The number of carbonyl (C=O) groups is 4. The average molecular weight is 807 g/mol.